The van der Waals surface area contributed by atoms with E-state index in [1.807, 2.05) is 18.2 Å². The lowest BCUT2D eigenvalue weighted by Gasteiger charge is -2.38. The first-order valence-corrected chi connectivity index (χ1v) is 9.45. The third-order valence-corrected chi connectivity index (χ3v) is 5.92. The molecule has 0 radical (unpaired) electrons. The van der Waals surface area contributed by atoms with Gasteiger partial charge in [-0.2, -0.15) is 0 Å². The number of para-hydroxylation sites is 1. The minimum atomic E-state index is 0.318. The topological polar surface area (TPSA) is 34.0 Å². The summed E-state index contributed by atoms with van der Waals surface area (Å²) < 4.78 is 3.95. The fourth-order valence-electron chi connectivity index (χ4n) is 3.46. The molecule has 1 aliphatic rings. The molecule has 0 amide bonds. The van der Waals surface area contributed by atoms with Gasteiger partial charge in [-0.15, -0.1) is 0 Å². The van der Waals surface area contributed by atoms with Crippen molar-refractivity contribution in [1.82, 2.24) is 14.5 Å². The first-order valence-electron chi connectivity index (χ1n) is 8.22. The molecule has 2 aromatic heterocycles. The number of anilines is 1. The summed E-state index contributed by atoms with van der Waals surface area (Å²) in [5.41, 5.74) is 2.28. The number of nitrogens with zero attached hydrogens (tertiary/aromatic N) is 4. The highest BCUT2D eigenvalue weighted by atomic mass is 32.1. The third-order valence-electron chi connectivity index (χ3n) is 4.56. The molecule has 0 spiro atoms. The number of hydrogen-bond donors (Lipinski definition) is 0. The molecule has 1 saturated heterocycles. The Bertz CT molecular complexity index is 927. The zero-order valence-corrected chi connectivity index (χ0v) is 15.5. The molecular formula is C18H20N4S2. The molecule has 0 bridgehead atoms. The van der Waals surface area contributed by atoms with Crippen LogP contribution in [0.1, 0.15) is 26.7 Å². The molecule has 1 fully saturated rings. The van der Waals surface area contributed by atoms with Crippen molar-refractivity contribution in [2.75, 3.05) is 18.0 Å². The van der Waals surface area contributed by atoms with E-state index in [1.165, 1.54) is 12.8 Å². The van der Waals surface area contributed by atoms with Crippen molar-refractivity contribution in [3.05, 3.63) is 40.6 Å². The lowest BCUT2D eigenvalue weighted by Crippen LogP contribution is -2.40. The lowest BCUT2D eigenvalue weighted by molar-refractivity contribution is 0.292. The molecule has 0 aliphatic carbocycles. The highest BCUT2D eigenvalue weighted by Crippen LogP contribution is 2.36. The Morgan fingerprint density at radius 2 is 1.96 bits per heavy atom. The molecule has 3 aromatic rings. The molecule has 0 N–H and O–H groups in total. The van der Waals surface area contributed by atoms with Crippen LogP contribution in [0.2, 0.25) is 0 Å². The van der Waals surface area contributed by atoms with Crippen molar-refractivity contribution in [3.63, 3.8) is 0 Å². The van der Waals surface area contributed by atoms with Gasteiger partial charge in [-0.05, 0) is 42.6 Å². The number of fused-ring (bicyclic) bond motifs is 1. The van der Waals surface area contributed by atoms with Gasteiger partial charge < -0.3 is 4.90 Å². The summed E-state index contributed by atoms with van der Waals surface area (Å²) in [7, 11) is 0. The van der Waals surface area contributed by atoms with Gasteiger partial charge in [0.05, 0.1) is 0 Å². The molecule has 3 heterocycles. The van der Waals surface area contributed by atoms with E-state index in [9.17, 15) is 0 Å². The fraction of sp³-hybridized carbons (Fsp3) is 0.389. The minimum Gasteiger partial charge on any atom is -0.355 e. The largest absolute Gasteiger partial charge is 0.355 e. The van der Waals surface area contributed by atoms with Gasteiger partial charge in [0.2, 0.25) is 0 Å². The Morgan fingerprint density at radius 3 is 2.71 bits per heavy atom. The van der Waals surface area contributed by atoms with E-state index in [4.69, 9.17) is 12.2 Å². The average molecular weight is 357 g/mol. The highest BCUT2D eigenvalue weighted by molar-refractivity contribution is 7.73. The summed E-state index contributed by atoms with van der Waals surface area (Å²) >= 11 is 7.24. The molecule has 4 nitrogen and oxygen atoms in total. The maximum absolute atomic E-state index is 5.64. The summed E-state index contributed by atoms with van der Waals surface area (Å²) in [5.74, 6) is 1.03. The van der Waals surface area contributed by atoms with Crippen molar-refractivity contribution in [2.24, 2.45) is 5.41 Å². The Labute approximate surface area is 150 Å². The number of piperidine rings is 1. The van der Waals surface area contributed by atoms with Crippen molar-refractivity contribution in [3.8, 4) is 5.69 Å². The van der Waals surface area contributed by atoms with Gasteiger partial charge in [0.1, 0.15) is 11.0 Å². The minimum absolute atomic E-state index is 0.318. The standard InChI is InChI=1S/C18H20N4S2/c1-18(2)9-6-10-21(11-18)15-14-16(20-12-19-15)22(17(23)24-14)13-7-4-3-5-8-13/h3-5,7-8,12H,6,9-11H2,1-2H3. The fourth-order valence-corrected chi connectivity index (χ4v) is 4.87. The molecule has 24 heavy (non-hydrogen) atoms. The SMILES string of the molecule is CC1(C)CCCN(c2ncnc3c2sc(=S)n3-c2ccccc2)C1. The molecule has 0 unspecified atom stereocenters. The number of thiazole rings is 1. The summed E-state index contributed by atoms with van der Waals surface area (Å²) in [4.78, 5) is 11.5. The Kier molecular flexibility index (Phi) is 3.89. The Morgan fingerprint density at radius 1 is 1.17 bits per heavy atom. The maximum atomic E-state index is 5.64. The number of rotatable bonds is 2. The van der Waals surface area contributed by atoms with Crippen LogP contribution >= 0.6 is 23.6 Å². The van der Waals surface area contributed by atoms with Crippen LogP contribution in [-0.2, 0) is 0 Å². The van der Waals surface area contributed by atoms with E-state index in [1.54, 1.807) is 17.7 Å². The average Bonchev–Trinajstić information content (AvgIpc) is 2.90. The molecule has 4 rings (SSSR count). The maximum Gasteiger partial charge on any atom is 0.168 e. The molecule has 6 heteroatoms. The highest BCUT2D eigenvalue weighted by Gasteiger charge is 2.28. The van der Waals surface area contributed by atoms with Crippen LogP contribution in [0, 0.1) is 9.37 Å². The van der Waals surface area contributed by atoms with Crippen LogP contribution in [0.3, 0.4) is 0 Å². The first-order chi connectivity index (χ1) is 11.6. The second-order valence-electron chi connectivity index (χ2n) is 7.08. The van der Waals surface area contributed by atoms with E-state index in [0.717, 1.165) is 38.9 Å². The second-order valence-corrected chi connectivity index (χ2v) is 8.72. The van der Waals surface area contributed by atoms with Gasteiger partial charge >= 0.3 is 0 Å². The molecule has 1 aromatic carbocycles. The van der Waals surface area contributed by atoms with Crippen LogP contribution in [0.25, 0.3) is 16.0 Å². The van der Waals surface area contributed by atoms with Crippen molar-refractivity contribution in [1.29, 1.82) is 0 Å². The Balaban J connectivity index is 1.87. The van der Waals surface area contributed by atoms with Gasteiger partial charge in [-0.1, -0.05) is 43.4 Å². The van der Waals surface area contributed by atoms with Crippen LogP contribution in [-0.4, -0.2) is 27.6 Å². The molecule has 0 atom stereocenters. The molecule has 0 saturated carbocycles. The predicted octanol–water partition coefficient (Wildman–Crippen LogP) is 4.84. The summed E-state index contributed by atoms with van der Waals surface area (Å²) in [6, 6.07) is 10.2. The number of aromatic nitrogens is 3. The third kappa shape index (κ3) is 2.74. The van der Waals surface area contributed by atoms with Crippen molar-refractivity contribution >= 4 is 39.7 Å². The molecule has 124 valence electrons. The van der Waals surface area contributed by atoms with Gasteiger partial charge in [-0.3, -0.25) is 4.57 Å². The van der Waals surface area contributed by atoms with Crippen LogP contribution in [0.5, 0.6) is 0 Å². The smallest absolute Gasteiger partial charge is 0.168 e. The quantitative estimate of drug-likeness (QED) is 0.616. The van der Waals surface area contributed by atoms with Gasteiger partial charge in [0.15, 0.2) is 15.4 Å². The zero-order chi connectivity index (χ0) is 16.7. The van der Waals surface area contributed by atoms with E-state index in [2.05, 4.69) is 45.4 Å². The first kappa shape index (κ1) is 15.7. The normalized spacial score (nSPS) is 17.3. The van der Waals surface area contributed by atoms with Gasteiger partial charge in [-0.25, -0.2) is 9.97 Å². The lowest BCUT2D eigenvalue weighted by atomic mass is 9.84. The number of hydrogen-bond acceptors (Lipinski definition) is 5. The van der Waals surface area contributed by atoms with Crippen LogP contribution < -0.4 is 4.90 Å². The number of benzene rings is 1. The van der Waals surface area contributed by atoms with Crippen LogP contribution in [0.4, 0.5) is 5.82 Å². The van der Waals surface area contributed by atoms with Crippen molar-refractivity contribution in [2.45, 2.75) is 26.7 Å². The Hall–Kier alpha value is -1.79. The second kappa shape index (κ2) is 5.93. The monoisotopic (exact) mass is 356 g/mol. The molecular weight excluding hydrogens is 336 g/mol. The van der Waals surface area contributed by atoms with E-state index in [-0.39, 0.29) is 0 Å². The van der Waals surface area contributed by atoms with E-state index >= 15 is 0 Å². The van der Waals surface area contributed by atoms with Crippen molar-refractivity contribution < 1.29 is 0 Å². The molecule has 1 aliphatic heterocycles. The van der Waals surface area contributed by atoms with E-state index < -0.39 is 0 Å². The predicted molar refractivity (Wildman–Crippen MR) is 103 cm³/mol. The van der Waals surface area contributed by atoms with E-state index in [0.29, 0.717) is 5.41 Å². The summed E-state index contributed by atoms with van der Waals surface area (Å²) in [5, 5.41) is 0. The van der Waals surface area contributed by atoms with Crippen LogP contribution in [0.15, 0.2) is 36.7 Å². The zero-order valence-electron chi connectivity index (χ0n) is 13.9. The summed E-state index contributed by atoms with van der Waals surface area (Å²) in [6.45, 7) is 6.73. The van der Waals surface area contributed by atoms with Gasteiger partial charge in [0.25, 0.3) is 0 Å². The summed E-state index contributed by atoms with van der Waals surface area (Å²) in [6.07, 6.45) is 4.13. The van der Waals surface area contributed by atoms with Gasteiger partial charge in [0, 0.05) is 18.8 Å².